The van der Waals surface area contributed by atoms with Gasteiger partial charge in [0.05, 0.1) is 0 Å². The Morgan fingerprint density at radius 1 is 1.07 bits per heavy atom. The Balaban J connectivity index is 1.79. The van der Waals surface area contributed by atoms with E-state index < -0.39 is 7.12 Å². The second kappa shape index (κ2) is 6.62. The molecule has 0 heterocycles. The van der Waals surface area contributed by atoms with Crippen LogP contribution >= 0.6 is 11.6 Å². The molecule has 5 atom stereocenters. The molecule has 0 amide bonds. The summed E-state index contributed by atoms with van der Waals surface area (Å²) in [6.45, 7) is 4.74. The van der Waals surface area contributed by atoms with Gasteiger partial charge in [0, 0.05) is 16.0 Å². The maximum atomic E-state index is 9.87. The van der Waals surface area contributed by atoms with Crippen LogP contribution in [0.1, 0.15) is 57.1 Å². The van der Waals surface area contributed by atoms with E-state index in [0.29, 0.717) is 17.3 Å². The van der Waals surface area contributed by atoms with Gasteiger partial charge in [0.25, 0.3) is 0 Å². The van der Waals surface area contributed by atoms with Gasteiger partial charge >= 0.3 is 7.12 Å². The molecule has 2 N–H and O–H groups in total. The zero-order valence-corrected chi connectivity index (χ0v) is 17.4. The Bertz CT molecular complexity index is 925. The summed E-state index contributed by atoms with van der Waals surface area (Å²) >= 11 is 6.74. The lowest BCUT2D eigenvalue weighted by Crippen LogP contribution is -2.50. The molecule has 28 heavy (non-hydrogen) atoms. The highest BCUT2D eigenvalue weighted by atomic mass is 35.5. The van der Waals surface area contributed by atoms with Crippen LogP contribution in [0.2, 0.25) is 5.02 Å². The van der Waals surface area contributed by atoms with Crippen molar-refractivity contribution in [2.75, 3.05) is 0 Å². The largest absolute Gasteiger partial charge is 0.488 e. The minimum Gasteiger partial charge on any atom is -0.423 e. The number of fused-ring (bicyclic) bond motifs is 8. The molecule has 146 valence electrons. The van der Waals surface area contributed by atoms with E-state index in [-0.39, 0.29) is 5.41 Å². The number of hydrogen-bond donors (Lipinski definition) is 2. The Labute approximate surface area is 173 Å². The Morgan fingerprint density at radius 3 is 2.64 bits per heavy atom. The van der Waals surface area contributed by atoms with Crippen molar-refractivity contribution in [3.8, 4) is 11.1 Å². The third kappa shape index (κ3) is 2.42. The van der Waals surface area contributed by atoms with Crippen LogP contribution in [0.25, 0.3) is 11.1 Å². The summed E-state index contributed by atoms with van der Waals surface area (Å²) in [5.74, 6) is 2.72. The van der Waals surface area contributed by atoms with E-state index >= 15 is 0 Å². The van der Waals surface area contributed by atoms with Crippen LogP contribution in [-0.2, 0) is 5.41 Å². The SMILES string of the molecule is CCC1CC2CC(C)C3(c4cc(B(O)O)ccc4-c4c(Cl)cccc43)C(C1)C2. The molecule has 0 aromatic heterocycles. The fourth-order valence-electron chi connectivity index (χ4n) is 7.09. The quantitative estimate of drug-likeness (QED) is 0.720. The van der Waals surface area contributed by atoms with Gasteiger partial charge in [-0.1, -0.05) is 62.2 Å². The van der Waals surface area contributed by atoms with Crippen molar-refractivity contribution in [1.82, 2.24) is 0 Å². The molecule has 5 unspecified atom stereocenters. The molecule has 2 fully saturated rings. The zero-order valence-electron chi connectivity index (χ0n) is 16.7. The van der Waals surface area contributed by atoms with Crippen LogP contribution in [0, 0.1) is 23.7 Å². The van der Waals surface area contributed by atoms with Gasteiger partial charge in [-0.15, -0.1) is 0 Å². The van der Waals surface area contributed by atoms with Gasteiger partial charge in [-0.05, 0) is 77.6 Å². The molecule has 0 saturated heterocycles. The first-order valence-corrected chi connectivity index (χ1v) is 11.1. The maximum absolute atomic E-state index is 9.87. The Hall–Kier alpha value is -1.29. The summed E-state index contributed by atoms with van der Waals surface area (Å²) in [6, 6.07) is 12.3. The molecule has 2 bridgehead atoms. The van der Waals surface area contributed by atoms with Crippen molar-refractivity contribution in [2.45, 2.75) is 51.4 Å². The fraction of sp³-hybridized carbons (Fsp3) is 0.500. The molecule has 2 saturated carbocycles. The van der Waals surface area contributed by atoms with Gasteiger partial charge in [0.1, 0.15) is 0 Å². The van der Waals surface area contributed by atoms with Gasteiger partial charge in [-0.2, -0.15) is 0 Å². The second-order valence-corrected chi connectivity index (χ2v) is 9.80. The summed E-state index contributed by atoms with van der Waals surface area (Å²) < 4.78 is 0. The molecule has 3 aliphatic rings. The maximum Gasteiger partial charge on any atom is 0.488 e. The number of benzene rings is 2. The van der Waals surface area contributed by atoms with Crippen LogP contribution in [-0.4, -0.2) is 17.2 Å². The average molecular weight is 395 g/mol. The van der Waals surface area contributed by atoms with Crippen LogP contribution in [0.4, 0.5) is 0 Å². The summed E-state index contributed by atoms with van der Waals surface area (Å²) in [7, 11) is -1.44. The molecule has 0 radical (unpaired) electrons. The molecule has 2 aromatic rings. The number of rotatable bonds is 2. The summed E-state index contributed by atoms with van der Waals surface area (Å²) in [5, 5.41) is 20.5. The fourth-order valence-corrected chi connectivity index (χ4v) is 7.37. The van der Waals surface area contributed by atoms with E-state index in [9.17, 15) is 10.0 Å². The summed E-state index contributed by atoms with van der Waals surface area (Å²) in [5.41, 5.74) is 5.52. The predicted molar refractivity (Wildman–Crippen MR) is 116 cm³/mol. The molecule has 2 nitrogen and oxygen atoms in total. The lowest BCUT2D eigenvalue weighted by atomic mass is 9.49. The van der Waals surface area contributed by atoms with E-state index in [2.05, 4.69) is 38.1 Å². The van der Waals surface area contributed by atoms with Crippen molar-refractivity contribution >= 4 is 24.2 Å². The summed E-state index contributed by atoms with van der Waals surface area (Å²) in [4.78, 5) is 0. The number of halogens is 1. The molecular formula is C24H28BClO2. The first-order valence-electron chi connectivity index (χ1n) is 10.8. The van der Waals surface area contributed by atoms with Crippen molar-refractivity contribution in [3.63, 3.8) is 0 Å². The van der Waals surface area contributed by atoms with Crippen molar-refractivity contribution in [3.05, 3.63) is 52.5 Å². The highest BCUT2D eigenvalue weighted by molar-refractivity contribution is 6.58. The number of hydrogen-bond acceptors (Lipinski definition) is 2. The van der Waals surface area contributed by atoms with Crippen LogP contribution < -0.4 is 5.46 Å². The van der Waals surface area contributed by atoms with E-state index in [1.165, 1.54) is 54.4 Å². The monoisotopic (exact) mass is 394 g/mol. The highest BCUT2D eigenvalue weighted by Crippen LogP contribution is 2.65. The van der Waals surface area contributed by atoms with Crippen molar-refractivity contribution in [1.29, 1.82) is 0 Å². The highest BCUT2D eigenvalue weighted by Gasteiger charge is 2.57. The molecule has 5 rings (SSSR count). The van der Waals surface area contributed by atoms with E-state index in [1.54, 1.807) is 0 Å². The third-order valence-electron chi connectivity index (χ3n) is 8.10. The zero-order chi connectivity index (χ0) is 19.6. The Morgan fingerprint density at radius 2 is 1.89 bits per heavy atom. The minimum absolute atomic E-state index is 0.0647. The van der Waals surface area contributed by atoms with Gasteiger partial charge in [-0.25, -0.2) is 0 Å². The van der Waals surface area contributed by atoms with Gasteiger partial charge in [0.2, 0.25) is 0 Å². The topological polar surface area (TPSA) is 40.5 Å². The van der Waals surface area contributed by atoms with Crippen LogP contribution in [0.15, 0.2) is 36.4 Å². The Kier molecular flexibility index (Phi) is 4.43. The standard InChI is InChI=1S/C24H28BClO2/c1-3-15-10-16-9-14(2)24(17(11-15)12-16)20-5-4-6-22(26)23(20)19-8-7-18(25(27)28)13-21(19)24/h4-8,13-17,27-28H,3,9-12H2,1-2H3. The van der Waals surface area contributed by atoms with E-state index in [0.717, 1.165) is 16.9 Å². The smallest absolute Gasteiger partial charge is 0.423 e. The van der Waals surface area contributed by atoms with E-state index in [1.807, 2.05) is 12.1 Å². The normalized spacial score (nSPS) is 32.9. The second-order valence-electron chi connectivity index (χ2n) is 9.39. The third-order valence-corrected chi connectivity index (χ3v) is 8.42. The van der Waals surface area contributed by atoms with Crippen LogP contribution in [0.5, 0.6) is 0 Å². The first-order chi connectivity index (χ1) is 13.5. The minimum atomic E-state index is -1.44. The van der Waals surface area contributed by atoms with Crippen molar-refractivity contribution in [2.24, 2.45) is 23.7 Å². The molecule has 3 aliphatic carbocycles. The molecule has 2 aromatic carbocycles. The van der Waals surface area contributed by atoms with E-state index in [4.69, 9.17) is 11.6 Å². The van der Waals surface area contributed by atoms with Gasteiger partial charge in [0.15, 0.2) is 0 Å². The molecule has 4 heteroatoms. The summed E-state index contributed by atoms with van der Waals surface area (Å²) in [6.07, 6.45) is 6.40. The van der Waals surface area contributed by atoms with Crippen LogP contribution in [0.3, 0.4) is 0 Å². The van der Waals surface area contributed by atoms with Gasteiger partial charge < -0.3 is 10.0 Å². The first kappa shape index (κ1) is 18.7. The molecule has 0 aliphatic heterocycles. The average Bonchev–Trinajstić information content (AvgIpc) is 2.98. The lowest BCUT2D eigenvalue weighted by molar-refractivity contribution is 0.0368. The molecule has 1 spiro atoms. The lowest BCUT2D eigenvalue weighted by Gasteiger charge is -2.54. The predicted octanol–water partition coefficient (Wildman–Crippen LogP) is 4.77. The van der Waals surface area contributed by atoms with Gasteiger partial charge in [-0.3, -0.25) is 0 Å². The van der Waals surface area contributed by atoms with Crippen molar-refractivity contribution < 1.29 is 10.0 Å². The molecular weight excluding hydrogens is 367 g/mol.